The number of nitrogens with zero attached hydrogens (tertiary/aromatic N) is 1. The van der Waals surface area contributed by atoms with Crippen molar-refractivity contribution < 1.29 is 0 Å². The third-order valence-electron chi connectivity index (χ3n) is 4.27. The molecule has 1 aliphatic carbocycles. The molecule has 0 amide bonds. The van der Waals surface area contributed by atoms with Gasteiger partial charge in [0.15, 0.2) is 0 Å². The van der Waals surface area contributed by atoms with Gasteiger partial charge in [0.05, 0.1) is 0 Å². The molecule has 0 saturated heterocycles. The Kier molecular flexibility index (Phi) is 4.06. The van der Waals surface area contributed by atoms with Crippen molar-refractivity contribution >= 4 is 0 Å². The van der Waals surface area contributed by atoms with Crippen molar-refractivity contribution in [2.45, 2.75) is 58.4 Å². The van der Waals surface area contributed by atoms with Gasteiger partial charge in [-0.3, -0.25) is 4.98 Å². The van der Waals surface area contributed by atoms with Gasteiger partial charge in [-0.25, -0.2) is 0 Å². The highest BCUT2D eigenvalue weighted by Gasteiger charge is 2.35. The second kappa shape index (κ2) is 5.40. The number of hydrogen-bond donors (Lipinski definition) is 1. The number of pyridine rings is 1. The quantitative estimate of drug-likeness (QED) is 0.881. The molecule has 1 aromatic heterocycles. The van der Waals surface area contributed by atoms with Gasteiger partial charge < -0.3 is 5.73 Å². The fourth-order valence-electron chi connectivity index (χ4n) is 3.52. The van der Waals surface area contributed by atoms with Crippen LogP contribution in [0.3, 0.4) is 0 Å². The molecule has 1 heterocycles. The third-order valence-corrected chi connectivity index (χ3v) is 4.27. The standard InChI is InChI=1S/C16H26N2/c1-12(2)9-14-5-4-7-16(17,10-14)15-11-18-8-6-13(15)3/h6,8,11-12,14H,4-5,7,9-10,17H2,1-3H3. The van der Waals surface area contributed by atoms with E-state index in [0.717, 1.165) is 24.7 Å². The van der Waals surface area contributed by atoms with Gasteiger partial charge in [0.25, 0.3) is 0 Å². The normalized spacial score (nSPS) is 28.6. The molecule has 18 heavy (non-hydrogen) atoms. The average molecular weight is 246 g/mol. The summed E-state index contributed by atoms with van der Waals surface area (Å²) in [5.41, 5.74) is 9.12. The Hall–Kier alpha value is -0.890. The van der Waals surface area contributed by atoms with E-state index in [1.165, 1.54) is 30.4 Å². The highest BCUT2D eigenvalue weighted by Crippen LogP contribution is 2.40. The molecule has 2 N–H and O–H groups in total. The summed E-state index contributed by atoms with van der Waals surface area (Å²) in [5, 5.41) is 0. The predicted octanol–water partition coefficient (Wildman–Crippen LogP) is 3.78. The van der Waals surface area contributed by atoms with Crippen molar-refractivity contribution in [2.24, 2.45) is 17.6 Å². The monoisotopic (exact) mass is 246 g/mol. The molecule has 2 unspecified atom stereocenters. The van der Waals surface area contributed by atoms with Crippen molar-refractivity contribution in [1.82, 2.24) is 4.98 Å². The van der Waals surface area contributed by atoms with E-state index in [4.69, 9.17) is 5.73 Å². The third kappa shape index (κ3) is 2.92. The highest BCUT2D eigenvalue weighted by atomic mass is 14.8. The summed E-state index contributed by atoms with van der Waals surface area (Å²) in [6.45, 7) is 6.77. The summed E-state index contributed by atoms with van der Waals surface area (Å²) >= 11 is 0. The fourth-order valence-corrected chi connectivity index (χ4v) is 3.52. The minimum absolute atomic E-state index is 0.143. The molecule has 2 nitrogen and oxygen atoms in total. The van der Waals surface area contributed by atoms with Gasteiger partial charge in [-0.1, -0.05) is 26.7 Å². The van der Waals surface area contributed by atoms with Crippen LogP contribution in [0.2, 0.25) is 0 Å². The Bertz CT molecular complexity index is 400. The SMILES string of the molecule is Cc1ccncc1C1(N)CCCC(CC(C)C)C1. The molecule has 2 rings (SSSR count). The molecular formula is C16H26N2. The lowest BCUT2D eigenvalue weighted by Crippen LogP contribution is -2.42. The predicted molar refractivity (Wildman–Crippen MR) is 76.3 cm³/mol. The average Bonchev–Trinajstić information content (AvgIpc) is 2.28. The van der Waals surface area contributed by atoms with E-state index in [9.17, 15) is 0 Å². The first-order valence-electron chi connectivity index (χ1n) is 7.21. The number of aromatic nitrogens is 1. The Morgan fingerprint density at radius 3 is 2.94 bits per heavy atom. The van der Waals surface area contributed by atoms with Crippen LogP contribution in [-0.4, -0.2) is 4.98 Å². The minimum atomic E-state index is -0.143. The minimum Gasteiger partial charge on any atom is -0.321 e. The lowest BCUT2D eigenvalue weighted by Gasteiger charge is -2.39. The molecule has 100 valence electrons. The highest BCUT2D eigenvalue weighted by molar-refractivity contribution is 5.30. The molecule has 2 heteroatoms. The van der Waals surface area contributed by atoms with E-state index in [1.807, 2.05) is 12.4 Å². The van der Waals surface area contributed by atoms with Crippen LogP contribution in [0.15, 0.2) is 18.5 Å². The number of nitrogens with two attached hydrogens (primary N) is 1. The first-order chi connectivity index (χ1) is 8.51. The van der Waals surface area contributed by atoms with Gasteiger partial charge in [-0.2, -0.15) is 0 Å². The second-order valence-corrected chi connectivity index (χ2v) is 6.44. The largest absolute Gasteiger partial charge is 0.321 e. The van der Waals surface area contributed by atoms with Crippen LogP contribution >= 0.6 is 0 Å². The van der Waals surface area contributed by atoms with Crippen LogP contribution in [0.1, 0.15) is 57.1 Å². The second-order valence-electron chi connectivity index (χ2n) is 6.44. The maximum absolute atomic E-state index is 6.71. The van der Waals surface area contributed by atoms with Crippen LogP contribution in [-0.2, 0) is 5.54 Å². The Morgan fingerprint density at radius 2 is 2.28 bits per heavy atom. The van der Waals surface area contributed by atoms with Gasteiger partial charge in [0.2, 0.25) is 0 Å². The summed E-state index contributed by atoms with van der Waals surface area (Å²) in [5.74, 6) is 1.55. The van der Waals surface area contributed by atoms with Crippen LogP contribution in [0.25, 0.3) is 0 Å². The topological polar surface area (TPSA) is 38.9 Å². The van der Waals surface area contributed by atoms with E-state index in [2.05, 4.69) is 31.8 Å². The van der Waals surface area contributed by atoms with E-state index in [-0.39, 0.29) is 5.54 Å². The maximum Gasteiger partial charge on any atom is 0.0430 e. The summed E-state index contributed by atoms with van der Waals surface area (Å²) in [7, 11) is 0. The first kappa shape index (κ1) is 13.5. The van der Waals surface area contributed by atoms with Crippen LogP contribution in [0, 0.1) is 18.8 Å². The summed E-state index contributed by atoms with van der Waals surface area (Å²) in [6.07, 6.45) is 9.96. The van der Waals surface area contributed by atoms with Crippen molar-refractivity contribution in [1.29, 1.82) is 0 Å². The fraction of sp³-hybridized carbons (Fsp3) is 0.688. The summed E-state index contributed by atoms with van der Waals surface area (Å²) in [6, 6.07) is 2.08. The molecule has 0 aromatic carbocycles. The molecule has 1 saturated carbocycles. The zero-order valence-electron chi connectivity index (χ0n) is 11.9. The maximum atomic E-state index is 6.71. The smallest absolute Gasteiger partial charge is 0.0430 e. The van der Waals surface area contributed by atoms with E-state index in [0.29, 0.717) is 0 Å². The van der Waals surface area contributed by atoms with Crippen LogP contribution in [0.4, 0.5) is 0 Å². The van der Waals surface area contributed by atoms with Gasteiger partial charge in [0, 0.05) is 17.9 Å². The van der Waals surface area contributed by atoms with Gasteiger partial charge in [-0.05, 0) is 55.2 Å². The zero-order valence-corrected chi connectivity index (χ0v) is 11.9. The van der Waals surface area contributed by atoms with Crippen molar-refractivity contribution in [3.63, 3.8) is 0 Å². The number of aryl methyl sites for hydroxylation is 1. The van der Waals surface area contributed by atoms with Gasteiger partial charge in [0.1, 0.15) is 0 Å². The summed E-state index contributed by atoms with van der Waals surface area (Å²) < 4.78 is 0. The molecule has 0 aliphatic heterocycles. The van der Waals surface area contributed by atoms with Gasteiger partial charge >= 0.3 is 0 Å². The molecule has 1 fully saturated rings. The molecule has 1 aromatic rings. The number of hydrogen-bond acceptors (Lipinski definition) is 2. The Labute approximate surface area is 111 Å². The number of rotatable bonds is 3. The van der Waals surface area contributed by atoms with Gasteiger partial charge in [-0.15, -0.1) is 0 Å². The van der Waals surface area contributed by atoms with Crippen molar-refractivity contribution in [3.05, 3.63) is 29.6 Å². The summed E-state index contributed by atoms with van der Waals surface area (Å²) in [4.78, 5) is 4.27. The lowest BCUT2D eigenvalue weighted by atomic mass is 9.70. The molecule has 0 spiro atoms. The van der Waals surface area contributed by atoms with E-state index >= 15 is 0 Å². The Balaban J connectivity index is 2.18. The van der Waals surface area contributed by atoms with E-state index in [1.54, 1.807) is 0 Å². The molecular weight excluding hydrogens is 220 g/mol. The molecule has 0 radical (unpaired) electrons. The van der Waals surface area contributed by atoms with Crippen molar-refractivity contribution in [2.75, 3.05) is 0 Å². The van der Waals surface area contributed by atoms with Crippen LogP contribution in [0.5, 0.6) is 0 Å². The molecule has 0 bridgehead atoms. The van der Waals surface area contributed by atoms with Crippen LogP contribution < -0.4 is 5.73 Å². The lowest BCUT2D eigenvalue weighted by molar-refractivity contribution is 0.201. The molecule has 2 atom stereocenters. The van der Waals surface area contributed by atoms with Crippen molar-refractivity contribution in [3.8, 4) is 0 Å². The van der Waals surface area contributed by atoms with E-state index < -0.39 is 0 Å². The Morgan fingerprint density at radius 1 is 1.50 bits per heavy atom. The first-order valence-corrected chi connectivity index (χ1v) is 7.21. The zero-order chi connectivity index (χ0) is 13.2. The molecule has 1 aliphatic rings.